The quantitative estimate of drug-likeness (QED) is 0.778. The number of rotatable bonds is 5. The van der Waals surface area contributed by atoms with Gasteiger partial charge in [0.25, 0.3) is 0 Å². The minimum absolute atomic E-state index is 0.0389. The van der Waals surface area contributed by atoms with Gasteiger partial charge in [-0.3, -0.25) is 9.69 Å². The van der Waals surface area contributed by atoms with Crippen LogP contribution in [-0.4, -0.2) is 44.7 Å². The molecule has 130 valence electrons. The lowest BCUT2D eigenvalue weighted by molar-refractivity contribution is -0.174. The predicted molar refractivity (Wildman–Crippen MR) is 94.8 cm³/mol. The Bertz CT molecular complexity index is 652. The third-order valence-electron chi connectivity index (χ3n) is 5.72. The maximum atomic E-state index is 12.3. The normalized spacial score (nSPS) is 28.4. The molecule has 1 aliphatic carbocycles. The van der Waals surface area contributed by atoms with Crippen LogP contribution in [0, 0.1) is 16.7 Å². The van der Waals surface area contributed by atoms with E-state index in [-0.39, 0.29) is 16.8 Å². The van der Waals surface area contributed by atoms with Crippen LogP contribution in [-0.2, 0) is 9.53 Å². The Hall–Kier alpha value is -1.81. The molecular weight excluding hydrogens is 302 g/mol. The summed E-state index contributed by atoms with van der Waals surface area (Å²) in [5, 5.41) is 0. The highest BCUT2D eigenvalue weighted by Crippen LogP contribution is 2.63. The Balaban J connectivity index is 1.67. The van der Waals surface area contributed by atoms with Gasteiger partial charge in [-0.2, -0.15) is 0 Å². The number of methoxy groups -OCH3 is 2. The molecular formula is C20H27NO3. The van der Waals surface area contributed by atoms with Crippen molar-refractivity contribution in [3.63, 3.8) is 0 Å². The lowest BCUT2D eigenvalue weighted by atomic mass is 9.48. The van der Waals surface area contributed by atoms with E-state index in [4.69, 9.17) is 9.47 Å². The highest BCUT2D eigenvalue weighted by molar-refractivity contribution is 5.80. The molecule has 0 aromatic heterocycles. The second kappa shape index (κ2) is 6.25. The number of nitrogens with zero attached hydrogens (tertiary/aromatic N) is 1. The summed E-state index contributed by atoms with van der Waals surface area (Å²) >= 11 is 0. The largest absolute Gasteiger partial charge is 0.496 e. The summed E-state index contributed by atoms with van der Waals surface area (Å²) in [4.78, 5) is 14.7. The second-order valence-corrected chi connectivity index (χ2v) is 7.70. The summed E-state index contributed by atoms with van der Waals surface area (Å²) < 4.78 is 10.5. The Labute approximate surface area is 144 Å². The first-order valence-electron chi connectivity index (χ1n) is 8.53. The van der Waals surface area contributed by atoms with Crippen molar-refractivity contribution in [2.45, 2.75) is 20.3 Å². The molecule has 2 fully saturated rings. The van der Waals surface area contributed by atoms with Gasteiger partial charge in [-0.1, -0.05) is 44.2 Å². The molecule has 2 aliphatic rings. The van der Waals surface area contributed by atoms with Crippen molar-refractivity contribution in [2.75, 3.05) is 33.9 Å². The molecule has 4 heteroatoms. The van der Waals surface area contributed by atoms with Gasteiger partial charge in [0, 0.05) is 25.2 Å². The van der Waals surface area contributed by atoms with Crippen molar-refractivity contribution in [2.24, 2.45) is 16.7 Å². The molecule has 0 amide bonds. The fraction of sp³-hybridized carbons (Fsp3) is 0.550. The fourth-order valence-corrected chi connectivity index (χ4v) is 4.74. The third kappa shape index (κ3) is 2.73. The Kier molecular flexibility index (Phi) is 4.43. The molecule has 0 unspecified atom stereocenters. The fourth-order valence-electron chi connectivity index (χ4n) is 4.74. The number of carbonyl (C=O) groups excluding carboxylic acids is 1. The van der Waals surface area contributed by atoms with Gasteiger partial charge in [-0.15, -0.1) is 0 Å². The van der Waals surface area contributed by atoms with Gasteiger partial charge in [-0.05, 0) is 23.8 Å². The van der Waals surface area contributed by atoms with Gasteiger partial charge in [0.1, 0.15) is 5.75 Å². The SMILES string of the molecule is COC(=O)[C@@]12CN(C/C=C/c3ccccc3OC)C[C@@H]1C(C)(C)C2. The number of benzene rings is 1. The van der Waals surface area contributed by atoms with Crippen molar-refractivity contribution in [1.82, 2.24) is 4.90 Å². The molecule has 1 saturated heterocycles. The summed E-state index contributed by atoms with van der Waals surface area (Å²) in [5.41, 5.74) is 0.997. The monoisotopic (exact) mass is 329 g/mol. The van der Waals surface area contributed by atoms with E-state index < -0.39 is 0 Å². The zero-order chi connectivity index (χ0) is 17.4. The molecule has 1 aliphatic heterocycles. The zero-order valence-electron chi connectivity index (χ0n) is 15.0. The summed E-state index contributed by atoms with van der Waals surface area (Å²) in [7, 11) is 3.19. The van der Waals surface area contributed by atoms with Crippen LogP contribution in [0.5, 0.6) is 5.75 Å². The number of hydrogen-bond acceptors (Lipinski definition) is 4. The van der Waals surface area contributed by atoms with E-state index in [0.29, 0.717) is 5.92 Å². The molecule has 1 aromatic carbocycles. The van der Waals surface area contributed by atoms with Crippen LogP contribution in [0.1, 0.15) is 25.8 Å². The number of esters is 1. The summed E-state index contributed by atoms with van der Waals surface area (Å²) in [6.07, 6.45) is 5.17. The first-order valence-corrected chi connectivity index (χ1v) is 8.53. The number of carbonyl (C=O) groups is 1. The molecule has 1 heterocycles. The summed E-state index contributed by atoms with van der Waals surface area (Å²) in [5.74, 6) is 1.22. The number of fused-ring (bicyclic) bond motifs is 1. The summed E-state index contributed by atoms with van der Waals surface area (Å²) in [6, 6.07) is 7.98. The van der Waals surface area contributed by atoms with Crippen molar-refractivity contribution in [3.05, 3.63) is 35.9 Å². The van der Waals surface area contributed by atoms with Gasteiger partial charge in [0.05, 0.1) is 19.6 Å². The number of ether oxygens (including phenoxy) is 2. The van der Waals surface area contributed by atoms with Crippen LogP contribution in [0.2, 0.25) is 0 Å². The zero-order valence-corrected chi connectivity index (χ0v) is 15.0. The van der Waals surface area contributed by atoms with E-state index in [1.165, 1.54) is 7.11 Å². The first-order chi connectivity index (χ1) is 11.4. The average Bonchev–Trinajstić information content (AvgIpc) is 2.89. The minimum Gasteiger partial charge on any atom is -0.496 e. The number of para-hydroxylation sites is 1. The van der Waals surface area contributed by atoms with E-state index >= 15 is 0 Å². The molecule has 1 aromatic rings. The Morgan fingerprint density at radius 3 is 2.75 bits per heavy atom. The predicted octanol–water partition coefficient (Wildman–Crippen LogP) is 3.23. The van der Waals surface area contributed by atoms with E-state index in [1.807, 2.05) is 24.3 Å². The summed E-state index contributed by atoms with van der Waals surface area (Å²) in [6.45, 7) is 7.10. The minimum atomic E-state index is -0.295. The van der Waals surface area contributed by atoms with Crippen LogP contribution >= 0.6 is 0 Å². The lowest BCUT2D eigenvalue weighted by Gasteiger charge is -2.54. The molecule has 24 heavy (non-hydrogen) atoms. The smallest absolute Gasteiger partial charge is 0.313 e. The molecule has 0 radical (unpaired) electrons. The van der Waals surface area contributed by atoms with Gasteiger partial charge >= 0.3 is 5.97 Å². The van der Waals surface area contributed by atoms with Crippen molar-refractivity contribution in [1.29, 1.82) is 0 Å². The topological polar surface area (TPSA) is 38.8 Å². The van der Waals surface area contributed by atoms with E-state index in [9.17, 15) is 4.79 Å². The van der Waals surface area contributed by atoms with E-state index in [2.05, 4.69) is 30.9 Å². The first kappa shape index (κ1) is 17.0. The molecule has 0 spiro atoms. The molecule has 0 bridgehead atoms. The van der Waals surface area contributed by atoms with Crippen molar-refractivity contribution >= 4 is 12.0 Å². The molecule has 1 saturated carbocycles. The second-order valence-electron chi connectivity index (χ2n) is 7.70. The number of likely N-dealkylation sites (tertiary alicyclic amines) is 1. The molecule has 3 rings (SSSR count). The van der Waals surface area contributed by atoms with E-state index in [1.54, 1.807) is 7.11 Å². The highest BCUT2D eigenvalue weighted by Gasteiger charge is 2.67. The average molecular weight is 329 g/mol. The lowest BCUT2D eigenvalue weighted by Crippen LogP contribution is -2.57. The van der Waals surface area contributed by atoms with Gasteiger partial charge < -0.3 is 9.47 Å². The van der Waals surface area contributed by atoms with Crippen LogP contribution in [0.25, 0.3) is 6.08 Å². The standard InChI is InChI=1S/C20H27NO3/c1-19(2)13-20(18(22)24-4)14-21(12-17(19)20)11-7-9-15-8-5-6-10-16(15)23-3/h5-10,17H,11-14H2,1-4H3/b9-7+/t17-,20+/m1/s1. The van der Waals surface area contributed by atoms with Crippen molar-refractivity contribution < 1.29 is 14.3 Å². The van der Waals surface area contributed by atoms with Gasteiger partial charge in [0.2, 0.25) is 0 Å². The van der Waals surface area contributed by atoms with Gasteiger partial charge in [0.15, 0.2) is 0 Å². The van der Waals surface area contributed by atoms with Crippen LogP contribution in [0.15, 0.2) is 30.3 Å². The molecule has 0 N–H and O–H groups in total. The van der Waals surface area contributed by atoms with E-state index in [0.717, 1.165) is 37.4 Å². The Morgan fingerprint density at radius 1 is 1.33 bits per heavy atom. The maximum Gasteiger partial charge on any atom is 0.313 e. The van der Waals surface area contributed by atoms with Crippen LogP contribution in [0.4, 0.5) is 0 Å². The van der Waals surface area contributed by atoms with Crippen LogP contribution < -0.4 is 4.74 Å². The number of hydrogen-bond donors (Lipinski definition) is 0. The molecule has 2 atom stereocenters. The van der Waals surface area contributed by atoms with Crippen LogP contribution in [0.3, 0.4) is 0 Å². The maximum absolute atomic E-state index is 12.3. The van der Waals surface area contributed by atoms with Crippen molar-refractivity contribution in [3.8, 4) is 5.75 Å². The third-order valence-corrected chi connectivity index (χ3v) is 5.72. The molecule has 4 nitrogen and oxygen atoms in total. The highest BCUT2D eigenvalue weighted by atomic mass is 16.5. The van der Waals surface area contributed by atoms with Gasteiger partial charge in [-0.25, -0.2) is 0 Å². The Morgan fingerprint density at radius 2 is 2.08 bits per heavy atom.